The van der Waals surface area contributed by atoms with E-state index in [-0.39, 0.29) is 23.3 Å². The average Bonchev–Trinajstić information content (AvgIpc) is 2.87. The summed E-state index contributed by atoms with van der Waals surface area (Å²) in [5.41, 5.74) is 7.35. The lowest BCUT2D eigenvalue weighted by molar-refractivity contribution is -0.117. The zero-order chi connectivity index (χ0) is 17.3. The van der Waals surface area contributed by atoms with Crippen molar-refractivity contribution in [1.29, 1.82) is 0 Å². The van der Waals surface area contributed by atoms with Gasteiger partial charge in [-0.15, -0.1) is 0 Å². The normalized spacial score (nSPS) is 14.8. The van der Waals surface area contributed by atoms with E-state index in [1.807, 2.05) is 6.92 Å². The fraction of sp³-hybridized carbons (Fsp3) is 0.333. The van der Waals surface area contributed by atoms with Crippen molar-refractivity contribution in [3.8, 4) is 0 Å². The molecule has 0 spiro atoms. The van der Waals surface area contributed by atoms with E-state index >= 15 is 0 Å². The Kier molecular flexibility index (Phi) is 4.77. The molecule has 1 unspecified atom stereocenters. The average molecular weight is 366 g/mol. The number of fused-ring (bicyclic) bond motifs is 1. The maximum absolute atomic E-state index is 12.3. The van der Waals surface area contributed by atoms with Crippen molar-refractivity contribution < 1.29 is 9.00 Å². The van der Waals surface area contributed by atoms with Crippen LogP contribution < -0.4 is 10.6 Å². The molecule has 126 valence electrons. The highest BCUT2D eigenvalue weighted by atomic mass is 35.5. The van der Waals surface area contributed by atoms with Gasteiger partial charge >= 0.3 is 0 Å². The molecule has 7 nitrogen and oxygen atoms in total. The third-order valence-electron chi connectivity index (χ3n) is 3.60. The fourth-order valence-corrected chi connectivity index (χ4v) is 3.50. The van der Waals surface area contributed by atoms with Crippen LogP contribution in [0, 0.1) is 0 Å². The summed E-state index contributed by atoms with van der Waals surface area (Å²) in [6.45, 7) is 2.23. The minimum Gasteiger partial charge on any atom is -0.383 e. The van der Waals surface area contributed by atoms with Crippen LogP contribution in [0.2, 0.25) is 5.15 Å². The summed E-state index contributed by atoms with van der Waals surface area (Å²) < 4.78 is 12.2. The summed E-state index contributed by atoms with van der Waals surface area (Å²) in [5, 5.41) is 0.553. The molecule has 1 aliphatic heterocycles. The van der Waals surface area contributed by atoms with Gasteiger partial charge in [0.2, 0.25) is 11.1 Å². The lowest BCUT2D eigenvalue weighted by atomic mass is 10.2. The maximum Gasteiger partial charge on any atom is 0.233 e. The molecule has 2 aromatic rings. The summed E-state index contributed by atoms with van der Waals surface area (Å²) in [6, 6.07) is 3.45. The highest BCUT2D eigenvalue weighted by Gasteiger charge is 2.32. The van der Waals surface area contributed by atoms with Crippen molar-refractivity contribution in [3.05, 3.63) is 34.6 Å². The molecule has 0 saturated heterocycles. The fourth-order valence-electron chi connectivity index (χ4n) is 2.45. The lowest BCUT2D eigenvalue weighted by Gasteiger charge is -2.17. The Labute approximate surface area is 146 Å². The molecule has 1 atom stereocenters. The Bertz CT molecular complexity index is 812. The first-order chi connectivity index (χ1) is 11.5. The van der Waals surface area contributed by atoms with Gasteiger partial charge in [-0.25, -0.2) is 15.0 Å². The molecule has 0 aliphatic carbocycles. The number of halogens is 1. The van der Waals surface area contributed by atoms with Crippen LogP contribution in [0.3, 0.4) is 0 Å². The zero-order valence-electron chi connectivity index (χ0n) is 13.0. The summed E-state index contributed by atoms with van der Waals surface area (Å²) in [6.07, 6.45) is 2.49. The van der Waals surface area contributed by atoms with Gasteiger partial charge in [-0.2, -0.15) is 0 Å². The predicted octanol–water partition coefficient (Wildman–Crippen LogP) is 1.71. The number of nitrogens with zero attached hydrogens (tertiary/aromatic N) is 4. The number of hydrogen-bond donors (Lipinski definition) is 1. The largest absolute Gasteiger partial charge is 0.383 e. The Morgan fingerprint density at radius 2 is 2.17 bits per heavy atom. The highest BCUT2D eigenvalue weighted by molar-refractivity contribution is 7.84. The number of carbonyl (C=O) groups excluding carboxylic acids is 1. The molecule has 0 fully saturated rings. The lowest BCUT2D eigenvalue weighted by Crippen LogP contribution is -2.27. The van der Waals surface area contributed by atoms with E-state index in [4.69, 9.17) is 17.3 Å². The first-order valence-electron chi connectivity index (χ1n) is 7.45. The quantitative estimate of drug-likeness (QED) is 0.639. The number of pyridine rings is 1. The van der Waals surface area contributed by atoms with E-state index in [2.05, 4.69) is 15.0 Å². The van der Waals surface area contributed by atoms with Crippen molar-refractivity contribution in [2.75, 3.05) is 16.4 Å². The summed E-state index contributed by atoms with van der Waals surface area (Å²) in [5.74, 6) is 0.971. The highest BCUT2D eigenvalue weighted by Crippen LogP contribution is 2.32. The molecular formula is C15H16ClN5O2S. The van der Waals surface area contributed by atoms with E-state index in [0.29, 0.717) is 28.8 Å². The molecule has 2 N–H and O–H groups in total. The predicted molar refractivity (Wildman–Crippen MR) is 92.2 cm³/mol. The number of hydrogen-bond acceptors (Lipinski definition) is 6. The second-order valence-electron chi connectivity index (χ2n) is 5.39. The number of amides is 1. The minimum atomic E-state index is -1.33. The van der Waals surface area contributed by atoms with Crippen LogP contribution in [-0.4, -0.2) is 30.8 Å². The number of anilines is 2. The molecule has 1 aliphatic rings. The summed E-state index contributed by atoms with van der Waals surface area (Å²) in [7, 11) is -1.33. The van der Waals surface area contributed by atoms with Crippen molar-refractivity contribution in [3.63, 3.8) is 0 Å². The van der Waals surface area contributed by atoms with Crippen molar-refractivity contribution >= 4 is 39.9 Å². The number of aromatic nitrogens is 3. The minimum absolute atomic E-state index is 0.126. The van der Waals surface area contributed by atoms with Gasteiger partial charge in [0, 0.05) is 17.5 Å². The summed E-state index contributed by atoms with van der Waals surface area (Å²) in [4.78, 5) is 26.3. The van der Waals surface area contributed by atoms with E-state index in [0.717, 1.165) is 12.0 Å². The van der Waals surface area contributed by atoms with Crippen LogP contribution in [0.4, 0.5) is 11.6 Å². The molecule has 9 heteroatoms. The van der Waals surface area contributed by atoms with Crippen LogP contribution in [0.15, 0.2) is 23.5 Å². The van der Waals surface area contributed by atoms with E-state index in [9.17, 15) is 9.00 Å². The van der Waals surface area contributed by atoms with Gasteiger partial charge in [-0.05, 0) is 18.1 Å². The Morgan fingerprint density at radius 3 is 2.83 bits per heavy atom. The monoisotopic (exact) mass is 365 g/mol. The van der Waals surface area contributed by atoms with Crippen LogP contribution in [0.5, 0.6) is 0 Å². The van der Waals surface area contributed by atoms with Crippen molar-refractivity contribution in [2.24, 2.45) is 0 Å². The third kappa shape index (κ3) is 3.25. The number of rotatable bonds is 5. The second kappa shape index (κ2) is 6.82. The Balaban J connectivity index is 1.95. The first-order valence-corrected chi connectivity index (χ1v) is 9.14. The summed E-state index contributed by atoms with van der Waals surface area (Å²) >= 11 is 5.78. The van der Waals surface area contributed by atoms with Gasteiger partial charge in [0.25, 0.3) is 0 Å². The number of nitrogens with two attached hydrogens (primary N) is 1. The van der Waals surface area contributed by atoms with Gasteiger partial charge < -0.3 is 5.73 Å². The standard InChI is InChI=1S/C15H16ClN5O2S/c1-2-5-24(23)15-19-13(17)10-6-12(22)21(14(10)20-15)8-9-3-4-11(16)18-7-9/h3-4,7H,2,5-6,8H2,1H3,(H2,17,19,20). The molecule has 3 rings (SSSR count). The van der Waals surface area contributed by atoms with Crippen LogP contribution in [0.1, 0.15) is 24.5 Å². The van der Waals surface area contributed by atoms with Crippen LogP contribution in [-0.2, 0) is 28.6 Å². The molecular weight excluding hydrogens is 350 g/mol. The van der Waals surface area contributed by atoms with E-state index in [1.54, 1.807) is 18.3 Å². The third-order valence-corrected chi connectivity index (χ3v) is 5.20. The molecule has 24 heavy (non-hydrogen) atoms. The zero-order valence-corrected chi connectivity index (χ0v) is 14.6. The van der Waals surface area contributed by atoms with Crippen LogP contribution in [0.25, 0.3) is 0 Å². The number of carbonyl (C=O) groups is 1. The first kappa shape index (κ1) is 16.8. The SMILES string of the molecule is CCCS(=O)c1nc(N)c2c(n1)N(Cc1ccc(Cl)nc1)C(=O)C2. The van der Waals surface area contributed by atoms with Gasteiger partial charge in [0.05, 0.1) is 23.8 Å². The van der Waals surface area contributed by atoms with Crippen molar-refractivity contribution in [1.82, 2.24) is 15.0 Å². The molecule has 0 saturated carbocycles. The van der Waals surface area contributed by atoms with Crippen LogP contribution >= 0.6 is 11.6 Å². The molecule has 2 aromatic heterocycles. The Morgan fingerprint density at radius 1 is 1.38 bits per heavy atom. The smallest absolute Gasteiger partial charge is 0.233 e. The second-order valence-corrected chi connectivity index (χ2v) is 7.24. The van der Waals surface area contributed by atoms with Crippen molar-refractivity contribution in [2.45, 2.75) is 31.5 Å². The van der Waals surface area contributed by atoms with Gasteiger partial charge in [0.1, 0.15) is 16.8 Å². The van der Waals surface area contributed by atoms with E-state index < -0.39 is 10.8 Å². The van der Waals surface area contributed by atoms with Gasteiger partial charge in [0.15, 0.2) is 0 Å². The Hall–Kier alpha value is -2.06. The topological polar surface area (TPSA) is 102 Å². The molecule has 0 aromatic carbocycles. The van der Waals surface area contributed by atoms with E-state index in [1.165, 1.54) is 4.90 Å². The molecule has 1 amide bonds. The number of nitrogen functional groups attached to an aromatic ring is 1. The maximum atomic E-state index is 12.3. The molecule has 0 radical (unpaired) electrons. The molecule has 3 heterocycles. The van der Waals surface area contributed by atoms with Gasteiger partial charge in [-0.1, -0.05) is 24.6 Å². The van der Waals surface area contributed by atoms with Gasteiger partial charge in [-0.3, -0.25) is 13.9 Å². The molecule has 0 bridgehead atoms.